The molecule has 6 rings (SSSR count). The maximum Gasteiger partial charge on any atom is 0.331 e. The monoisotopic (exact) mass is 714 g/mol. The predicted molar refractivity (Wildman–Crippen MR) is 172 cm³/mol. The number of hydrogen-bond donors (Lipinski definition) is 6. The second-order valence-electron chi connectivity index (χ2n) is 12.3. The molecule has 2 saturated heterocycles. The molecule has 3 fully saturated rings. The molecule has 0 unspecified atom stereocenters. The molecule has 0 bridgehead atoms. The number of carbonyl (C=O) groups excluding carboxylic acids is 2. The molecule has 1 aliphatic carbocycles. The number of ether oxygens (including phenoxy) is 8. The summed E-state index contributed by atoms with van der Waals surface area (Å²) in [5.41, 5.74) is -0.129. The normalized spacial score (nSPS) is 33.7. The van der Waals surface area contributed by atoms with Crippen LogP contribution in [0.3, 0.4) is 0 Å². The minimum atomic E-state index is -1.77. The van der Waals surface area contributed by atoms with Gasteiger partial charge >= 0.3 is 11.9 Å². The van der Waals surface area contributed by atoms with E-state index in [1.807, 2.05) is 0 Å². The number of aromatic hydroxyl groups is 2. The van der Waals surface area contributed by atoms with Gasteiger partial charge in [-0.25, -0.2) is 9.59 Å². The number of benzene rings is 2. The van der Waals surface area contributed by atoms with E-state index in [1.54, 1.807) is 18.2 Å². The number of phenolic OH excluding ortho intramolecular Hbond substituents is 2. The second-order valence-corrected chi connectivity index (χ2v) is 12.3. The van der Waals surface area contributed by atoms with Crippen LogP contribution >= 0.6 is 0 Å². The van der Waals surface area contributed by atoms with Crippen LogP contribution in [0, 0.1) is 11.8 Å². The summed E-state index contributed by atoms with van der Waals surface area (Å²) in [5, 5.41) is 61.9. The van der Waals surface area contributed by atoms with Crippen molar-refractivity contribution in [1.82, 2.24) is 0 Å². The fourth-order valence-corrected chi connectivity index (χ4v) is 6.59. The third-order valence-electron chi connectivity index (χ3n) is 9.29. The van der Waals surface area contributed by atoms with Crippen LogP contribution in [0.1, 0.15) is 11.1 Å². The summed E-state index contributed by atoms with van der Waals surface area (Å²) in [6.07, 6.45) is -2.76. The fraction of sp³-hybridized carbons (Fsp3) is 0.429. The summed E-state index contributed by atoms with van der Waals surface area (Å²) >= 11 is 0. The van der Waals surface area contributed by atoms with Crippen molar-refractivity contribution < 1.29 is 78.1 Å². The van der Waals surface area contributed by atoms with Gasteiger partial charge in [-0.1, -0.05) is 12.1 Å². The zero-order valence-electron chi connectivity index (χ0n) is 27.4. The lowest BCUT2D eigenvalue weighted by atomic mass is 9.85. The van der Waals surface area contributed by atoms with Crippen LogP contribution < -0.4 is 9.47 Å². The van der Waals surface area contributed by atoms with Crippen LogP contribution in [0.4, 0.5) is 0 Å². The Hall–Kier alpha value is -4.68. The summed E-state index contributed by atoms with van der Waals surface area (Å²) in [6, 6.07) is 8.98. The number of fused-ring (bicyclic) bond motifs is 3. The van der Waals surface area contributed by atoms with Crippen molar-refractivity contribution >= 4 is 24.1 Å². The van der Waals surface area contributed by atoms with Gasteiger partial charge in [-0.2, -0.15) is 0 Å². The number of epoxide rings is 1. The molecule has 6 N–H and O–H groups in total. The first-order valence-corrected chi connectivity index (χ1v) is 15.9. The zero-order valence-corrected chi connectivity index (χ0v) is 27.4. The quantitative estimate of drug-likeness (QED) is 0.0990. The molecule has 51 heavy (non-hydrogen) atoms. The minimum absolute atomic E-state index is 0.0585. The van der Waals surface area contributed by atoms with Crippen LogP contribution in [0.2, 0.25) is 0 Å². The van der Waals surface area contributed by atoms with Crippen molar-refractivity contribution in [3.05, 3.63) is 72.0 Å². The van der Waals surface area contributed by atoms with Gasteiger partial charge in [0.25, 0.3) is 0 Å². The summed E-state index contributed by atoms with van der Waals surface area (Å²) in [6.45, 7) is -1.01. The van der Waals surface area contributed by atoms with E-state index in [2.05, 4.69) is 0 Å². The number of carbonyl (C=O) groups is 2. The van der Waals surface area contributed by atoms with Crippen molar-refractivity contribution in [3.63, 3.8) is 0 Å². The summed E-state index contributed by atoms with van der Waals surface area (Å²) < 4.78 is 44.4. The van der Waals surface area contributed by atoms with Gasteiger partial charge in [0.2, 0.25) is 6.29 Å². The molecule has 2 aromatic rings. The Balaban J connectivity index is 1.09. The third-order valence-corrected chi connectivity index (χ3v) is 9.29. The van der Waals surface area contributed by atoms with Gasteiger partial charge in [-0.3, -0.25) is 0 Å². The highest BCUT2D eigenvalue weighted by Gasteiger charge is 2.77. The molecule has 3 heterocycles. The van der Waals surface area contributed by atoms with Crippen LogP contribution in [-0.2, 0) is 38.0 Å². The lowest BCUT2D eigenvalue weighted by Gasteiger charge is -2.43. The lowest BCUT2D eigenvalue weighted by molar-refractivity contribution is -0.344. The molecule has 274 valence electrons. The average Bonchev–Trinajstić information content (AvgIpc) is 3.81. The Morgan fingerprint density at radius 2 is 1.49 bits per heavy atom. The van der Waals surface area contributed by atoms with Crippen molar-refractivity contribution in [1.29, 1.82) is 0 Å². The number of rotatable bonds is 12. The first-order valence-electron chi connectivity index (χ1n) is 15.9. The van der Waals surface area contributed by atoms with Gasteiger partial charge in [-0.05, 0) is 53.6 Å². The number of hydrogen-bond acceptors (Lipinski definition) is 16. The molecule has 2 aromatic carbocycles. The molecule has 0 amide bonds. The van der Waals surface area contributed by atoms with Gasteiger partial charge in [0.1, 0.15) is 48.8 Å². The first kappa shape index (κ1) is 36.1. The van der Waals surface area contributed by atoms with E-state index in [9.17, 15) is 40.2 Å². The Morgan fingerprint density at radius 3 is 2.10 bits per heavy atom. The van der Waals surface area contributed by atoms with Gasteiger partial charge < -0.3 is 68.5 Å². The second kappa shape index (κ2) is 14.9. The van der Waals surface area contributed by atoms with E-state index >= 15 is 0 Å². The van der Waals surface area contributed by atoms with Crippen molar-refractivity contribution in [2.75, 3.05) is 27.4 Å². The highest BCUT2D eigenvalue weighted by molar-refractivity contribution is 5.88. The molecule has 3 aliphatic heterocycles. The molecule has 16 nitrogen and oxygen atoms in total. The topological polar surface area (TPSA) is 233 Å². The van der Waals surface area contributed by atoms with Gasteiger partial charge in [0.15, 0.2) is 29.3 Å². The number of phenols is 2. The predicted octanol–water partition coefficient (Wildman–Crippen LogP) is 0.367. The Morgan fingerprint density at radius 1 is 0.863 bits per heavy atom. The molecular formula is C35H38O16. The lowest BCUT2D eigenvalue weighted by Crippen LogP contribution is -2.60. The van der Waals surface area contributed by atoms with Crippen LogP contribution in [0.25, 0.3) is 12.2 Å². The molecular weight excluding hydrogens is 676 g/mol. The molecule has 11 atom stereocenters. The highest BCUT2D eigenvalue weighted by Crippen LogP contribution is 2.60. The minimum Gasteiger partial charge on any atom is -0.504 e. The SMILES string of the molecule is COc1cc(/C=C/C(=O)OC[C@H]2O[C@@H](O[C@@H]3OC=C[C@H]4[C@H](OC(=O)/C=C/c5ccc(O)c(OC)c5)[C@@H]5O[C@]5(CO)[C@@H]34)[C@H](O)[C@@H](O)[C@@H]2O)ccc1O. The maximum atomic E-state index is 12.9. The zero-order chi connectivity index (χ0) is 36.4. The Bertz CT molecular complexity index is 1690. The van der Waals surface area contributed by atoms with Crippen LogP contribution in [0.15, 0.2) is 60.9 Å². The first-order chi connectivity index (χ1) is 24.5. The number of aliphatic hydroxyl groups is 4. The third kappa shape index (κ3) is 7.25. The fourth-order valence-electron chi connectivity index (χ4n) is 6.59. The van der Waals surface area contributed by atoms with Crippen molar-refractivity contribution in [2.24, 2.45) is 11.8 Å². The number of aliphatic hydroxyl groups excluding tert-OH is 4. The summed E-state index contributed by atoms with van der Waals surface area (Å²) in [5.74, 6) is -2.55. The molecule has 1 saturated carbocycles. The van der Waals surface area contributed by atoms with E-state index < -0.39 is 91.8 Å². The Labute approximate surface area is 291 Å². The van der Waals surface area contributed by atoms with Gasteiger partial charge in [0.05, 0.1) is 33.0 Å². The van der Waals surface area contributed by atoms with E-state index in [0.29, 0.717) is 11.1 Å². The van der Waals surface area contributed by atoms with Crippen molar-refractivity contribution in [2.45, 2.75) is 54.8 Å². The highest BCUT2D eigenvalue weighted by atomic mass is 16.8. The largest absolute Gasteiger partial charge is 0.504 e. The van der Waals surface area contributed by atoms with E-state index in [0.717, 1.165) is 6.08 Å². The number of methoxy groups -OCH3 is 2. The van der Waals surface area contributed by atoms with Crippen LogP contribution in [0.5, 0.6) is 23.0 Å². The van der Waals surface area contributed by atoms with E-state index in [-0.39, 0.29) is 23.0 Å². The molecule has 4 aliphatic rings. The summed E-state index contributed by atoms with van der Waals surface area (Å²) in [7, 11) is 2.78. The number of esters is 2. The maximum absolute atomic E-state index is 12.9. The molecule has 0 spiro atoms. The smallest absolute Gasteiger partial charge is 0.331 e. The van der Waals surface area contributed by atoms with Crippen LogP contribution in [-0.4, -0.2) is 125 Å². The van der Waals surface area contributed by atoms with E-state index in [1.165, 1.54) is 63.0 Å². The molecule has 16 heteroatoms. The van der Waals surface area contributed by atoms with Gasteiger partial charge in [-0.15, -0.1) is 0 Å². The van der Waals surface area contributed by atoms with E-state index in [4.69, 9.17) is 37.9 Å². The van der Waals surface area contributed by atoms with Crippen molar-refractivity contribution in [3.8, 4) is 23.0 Å². The van der Waals surface area contributed by atoms with Gasteiger partial charge in [0, 0.05) is 18.1 Å². The summed E-state index contributed by atoms with van der Waals surface area (Å²) in [4.78, 5) is 25.3. The Kier molecular flexibility index (Phi) is 10.5. The molecule has 0 aromatic heterocycles. The molecule has 0 radical (unpaired) electrons. The average molecular weight is 715 g/mol. The standard InChI is InChI=1S/C35H38O16/c1-44-22-13-17(3-7-20(22)37)5-9-25(39)47-15-24-28(41)29(42)30(43)34(48-24)50-33-27-19(11-12-46-33)31(32-35(27,16-36)51-32)49-26(40)10-6-18-4-8-21(38)23(14-18)45-2/h3-14,19,24,27-34,36-38,41-43H,15-16H2,1-2H3/b9-5+,10-6+/t19-,24-,27-,28-,29+,30-,31+,32+,33+,34+,35-/m1/s1.